The smallest absolute Gasteiger partial charge is 0.251 e. The fourth-order valence-electron chi connectivity index (χ4n) is 5.15. The van der Waals surface area contributed by atoms with Gasteiger partial charge in [0.05, 0.1) is 13.2 Å². The summed E-state index contributed by atoms with van der Waals surface area (Å²) in [5, 5.41) is 3.33. The van der Waals surface area contributed by atoms with Crippen molar-refractivity contribution in [3.63, 3.8) is 0 Å². The molecule has 1 saturated heterocycles. The molecule has 1 amide bonds. The minimum absolute atomic E-state index is 0.00834. The number of ether oxygens (including phenoxy) is 4. The van der Waals surface area contributed by atoms with Crippen molar-refractivity contribution in [3.8, 4) is 11.5 Å². The lowest BCUT2D eigenvalue weighted by Gasteiger charge is -2.51. The van der Waals surface area contributed by atoms with Crippen LogP contribution in [0, 0.1) is 5.41 Å². The van der Waals surface area contributed by atoms with E-state index < -0.39 is 5.79 Å². The number of hydrogen-bond donors (Lipinski definition) is 1. The first kappa shape index (κ1) is 19.4. The first-order valence-electron chi connectivity index (χ1n) is 10.5. The maximum absolute atomic E-state index is 13.1. The summed E-state index contributed by atoms with van der Waals surface area (Å²) in [6.07, 6.45) is 1.40. The van der Waals surface area contributed by atoms with E-state index in [9.17, 15) is 4.79 Å². The Morgan fingerprint density at radius 3 is 2.50 bits per heavy atom. The summed E-state index contributed by atoms with van der Waals surface area (Å²) >= 11 is 0. The molecule has 0 unspecified atom stereocenters. The lowest BCUT2D eigenvalue weighted by molar-refractivity contribution is -0.207. The summed E-state index contributed by atoms with van der Waals surface area (Å²) in [4.78, 5) is 13.1. The molecule has 158 valence electrons. The van der Waals surface area contributed by atoms with E-state index in [1.807, 2.05) is 42.5 Å². The van der Waals surface area contributed by atoms with E-state index in [4.69, 9.17) is 18.9 Å². The Morgan fingerprint density at radius 2 is 1.73 bits per heavy atom. The van der Waals surface area contributed by atoms with Crippen molar-refractivity contribution >= 4 is 5.91 Å². The molecule has 2 fully saturated rings. The monoisotopic (exact) mass is 409 g/mol. The number of fused-ring (bicyclic) bond motifs is 1. The van der Waals surface area contributed by atoms with Crippen LogP contribution in [0.2, 0.25) is 0 Å². The van der Waals surface area contributed by atoms with Gasteiger partial charge >= 0.3 is 0 Å². The van der Waals surface area contributed by atoms with Crippen molar-refractivity contribution in [2.75, 3.05) is 20.0 Å². The average molecular weight is 409 g/mol. The molecule has 6 heteroatoms. The molecule has 6 nitrogen and oxygen atoms in total. The molecule has 0 aromatic heterocycles. The van der Waals surface area contributed by atoms with Gasteiger partial charge in [-0.1, -0.05) is 38.1 Å². The maximum atomic E-state index is 13.1. The predicted molar refractivity (Wildman–Crippen MR) is 111 cm³/mol. The Kier molecular flexibility index (Phi) is 4.71. The second-order valence-corrected chi connectivity index (χ2v) is 9.01. The lowest BCUT2D eigenvalue weighted by Crippen LogP contribution is -2.57. The molecule has 1 aliphatic carbocycles. The molecule has 5 rings (SSSR count). The van der Waals surface area contributed by atoms with Crippen LogP contribution in [0.15, 0.2) is 48.5 Å². The molecule has 1 spiro atoms. The van der Waals surface area contributed by atoms with Gasteiger partial charge in [0, 0.05) is 30.4 Å². The SMILES string of the molecule is CC1(C)CC2(C[C@@H](c3ccc4c(c3)OCO4)[C@H]1NC(=O)c1ccccc1)OCCO2. The Labute approximate surface area is 176 Å². The zero-order valence-electron chi connectivity index (χ0n) is 17.4. The van der Waals surface area contributed by atoms with Gasteiger partial charge in [0.15, 0.2) is 17.3 Å². The van der Waals surface area contributed by atoms with Crippen LogP contribution in [0.3, 0.4) is 0 Å². The van der Waals surface area contributed by atoms with Crippen molar-refractivity contribution < 1.29 is 23.7 Å². The van der Waals surface area contributed by atoms with Gasteiger partial charge in [0.2, 0.25) is 6.79 Å². The second kappa shape index (κ2) is 7.29. The minimum atomic E-state index is -0.613. The third-order valence-corrected chi connectivity index (χ3v) is 6.46. The number of rotatable bonds is 3. The highest BCUT2D eigenvalue weighted by Gasteiger charge is 2.54. The van der Waals surface area contributed by atoms with Crippen molar-refractivity contribution in [3.05, 3.63) is 59.7 Å². The van der Waals surface area contributed by atoms with Gasteiger partial charge in [0.1, 0.15) is 0 Å². The van der Waals surface area contributed by atoms with Gasteiger partial charge in [-0.15, -0.1) is 0 Å². The largest absolute Gasteiger partial charge is 0.454 e. The number of carbonyl (C=O) groups excluding carboxylic acids is 1. The number of hydrogen-bond acceptors (Lipinski definition) is 5. The Hall–Kier alpha value is -2.57. The molecular formula is C24H27NO5. The molecule has 3 aliphatic rings. The third-order valence-electron chi connectivity index (χ3n) is 6.46. The van der Waals surface area contributed by atoms with E-state index in [1.54, 1.807) is 0 Å². The van der Waals surface area contributed by atoms with E-state index in [-0.39, 0.29) is 30.1 Å². The molecule has 2 aromatic carbocycles. The van der Waals surface area contributed by atoms with Gasteiger partial charge in [-0.2, -0.15) is 0 Å². The van der Waals surface area contributed by atoms with Gasteiger partial charge < -0.3 is 24.3 Å². The Balaban J connectivity index is 1.51. The molecule has 30 heavy (non-hydrogen) atoms. The molecular weight excluding hydrogens is 382 g/mol. The zero-order valence-corrected chi connectivity index (χ0v) is 17.4. The fourth-order valence-corrected chi connectivity index (χ4v) is 5.15. The lowest BCUT2D eigenvalue weighted by atomic mass is 9.63. The zero-order chi connectivity index (χ0) is 20.8. The predicted octanol–water partition coefficient (Wildman–Crippen LogP) is 3.86. The van der Waals surface area contributed by atoms with Crippen molar-refractivity contribution in [1.29, 1.82) is 0 Å². The van der Waals surface area contributed by atoms with Crippen molar-refractivity contribution in [1.82, 2.24) is 5.32 Å². The van der Waals surface area contributed by atoms with E-state index in [0.717, 1.165) is 23.5 Å². The third kappa shape index (κ3) is 3.44. The van der Waals surface area contributed by atoms with Crippen LogP contribution in [-0.2, 0) is 9.47 Å². The van der Waals surface area contributed by atoms with Crippen LogP contribution in [0.4, 0.5) is 0 Å². The van der Waals surface area contributed by atoms with Crippen LogP contribution in [0.25, 0.3) is 0 Å². The molecule has 2 heterocycles. The number of amides is 1. The molecule has 1 saturated carbocycles. The highest BCUT2D eigenvalue weighted by Crippen LogP contribution is 2.52. The topological polar surface area (TPSA) is 66.0 Å². The average Bonchev–Trinajstić information content (AvgIpc) is 3.39. The molecule has 0 bridgehead atoms. The quantitative estimate of drug-likeness (QED) is 0.834. The van der Waals surface area contributed by atoms with Crippen LogP contribution >= 0.6 is 0 Å². The molecule has 2 aromatic rings. The first-order valence-corrected chi connectivity index (χ1v) is 10.5. The normalized spacial score (nSPS) is 25.9. The molecule has 2 aliphatic heterocycles. The Bertz CT molecular complexity index is 936. The minimum Gasteiger partial charge on any atom is -0.454 e. The summed E-state index contributed by atoms with van der Waals surface area (Å²) in [7, 11) is 0. The summed E-state index contributed by atoms with van der Waals surface area (Å²) in [5.74, 6) is 0.823. The second-order valence-electron chi connectivity index (χ2n) is 9.01. The van der Waals surface area contributed by atoms with Crippen LogP contribution in [0.1, 0.15) is 48.5 Å². The van der Waals surface area contributed by atoms with E-state index >= 15 is 0 Å². The number of benzene rings is 2. The highest BCUT2D eigenvalue weighted by molar-refractivity contribution is 5.94. The van der Waals surface area contributed by atoms with Crippen LogP contribution in [-0.4, -0.2) is 37.7 Å². The van der Waals surface area contributed by atoms with E-state index in [1.165, 1.54) is 0 Å². The number of nitrogens with one attached hydrogen (secondary N) is 1. The fraction of sp³-hybridized carbons (Fsp3) is 0.458. The molecule has 0 radical (unpaired) electrons. The maximum Gasteiger partial charge on any atom is 0.251 e. The summed E-state index contributed by atoms with van der Waals surface area (Å²) in [6, 6.07) is 15.3. The summed E-state index contributed by atoms with van der Waals surface area (Å²) < 4.78 is 23.3. The van der Waals surface area contributed by atoms with Gasteiger partial charge in [0.25, 0.3) is 5.91 Å². The number of carbonyl (C=O) groups is 1. The summed E-state index contributed by atoms with van der Waals surface area (Å²) in [5.41, 5.74) is 1.50. The van der Waals surface area contributed by atoms with E-state index in [2.05, 4.69) is 25.2 Å². The van der Waals surface area contributed by atoms with Gasteiger partial charge in [-0.25, -0.2) is 0 Å². The summed E-state index contributed by atoms with van der Waals surface area (Å²) in [6.45, 7) is 5.79. The standard InChI is InChI=1S/C24H27NO5/c1-23(2)14-24(29-10-11-30-24)13-18(17-8-9-19-20(12-17)28-15-27-19)21(23)25-22(26)16-6-4-3-5-7-16/h3-9,12,18,21H,10-11,13-15H2,1-2H3,(H,25,26)/t18-,21+/m0/s1. The van der Waals surface area contributed by atoms with Gasteiger partial charge in [-0.05, 0) is 35.2 Å². The van der Waals surface area contributed by atoms with Crippen molar-refractivity contribution in [2.24, 2.45) is 5.41 Å². The van der Waals surface area contributed by atoms with E-state index in [0.29, 0.717) is 25.2 Å². The highest BCUT2D eigenvalue weighted by atomic mass is 16.7. The van der Waals surface area contributed by atoms with Crippen LogP contribution in [0.5, 0.6) is 11.5 Å². The van der Waals surface area contributed by atoms with Crippen molar-refractivity contribution in [2.45, 2.75) is 44.4 Å². The molecule has 1 N–H and O–H groups in total. The first-order chi connectivity index (χ1) is 14.5. The van der Waals surface area contributed by atoms with Crippen LogP contribution < -0.4 is 14.8 Å². The molecule has 2 atom stereocenters. The van der Waals surface area contributed by atoms with Gasteiger partial charge in [-0.3, -0.25) is 4.79 Å². The Morgan fingerprint density at radius 1 is 1.00 bits per heavy atom.